The van der Waals surface area contributed by atoms with Crippen molar-refractivity contribution in [1.29, 1.82) is 0 Å². The van der Waals surface area contributed by atoms with Gasteiger partial charge in [0.1, 0.15) is 6.26 Å². The van der Waals surface area contributed by atoms with Crippen LogP contribution in [0.5, 0.6) is 0 Å². The molecule has 0 spiro atoms. The first kappa shape index (κ1) is 10.4. The highest BCUT2D eigenvalue weighted by Crippen LogP contribution is 2.22. The maximum absolute atomic E-state index is 5.44. The molecular formula is C11H11BrN2O. The van der Waals surface area contributed by atoms with Gasteiger partial charge in [-0.05, 0) is 24.7 Å². The van der Waals surface area contributed by atoms with Crippen LogP contribution in [0.1, 0.15) is 5.69 Å². The van der Waals surface area contributed by atoms with Gasteiger partial charge in [-0.3, -0.25) is 0 Å². The smallest absolute Gasteiger partial charge is 0.226 e. The SMILES string of the molecule is NCCc1coc(-c2cccc(Br)c2)n1. The molecule has 3 nitrogen and oxygen atoms in total. The van der Waals surface area contributed by atoms with Crippen LogP contribution in [0.15, 0.2) is 39.4 Å². The molecule has 15 heavy (non-hydrogen) atoms. The monoisotopic (exact) mass is 266 g/mol. The van der Waals surface area contributed by atoms with Crippen molar-refractivity contribution in [3.8, 4) is 11.5 Å². The van der Waals surface area contributed by atoms with Crippen molar-refractivity contribution in [3.05, 3.63) is 40.7 Å². The van der Waals surface area contributed by atoms with E-state index in [-0.39, 0.29) is 0 Å². The predicted molar refractivity (Wildman–Crippen MR) is 62.4 cm³/mol. The van der Waals surface area contributed by atoms with Crippen LogP contribution in [0, 0.1) is 0 Å². The first-order chi connectivity index (χ1) is 7.29. The van der Waals surface area contributed by atoms with Crippen molar-refractivity contribution in [1.82, 2.24) is 4.98 Å². The Morgan fingerprint density at radius 2 is 2.27 bits per heavy atom. The van der Waals surface area contributed by atoms with Gasteiger partial charge in [-0.15, -0.1) is 0 Å². The molecule has 0 aliphatic heterocycles. The third-order valence-electron chi connectivity index (χ3n) is 2.02. The molecule has 2 rings (SSSR count). The number of halogens is 1. The van der Waals surface area contributed by atoms with Crippen LogP contribution in [0.25, 0.3) is 11.5 Å². The van der Waals surface area contributed by atoms with Gasteiger partial charge in [-0.25, -0.2) is 4.98 Å². The van der Waals surface area contributed by atoms with Gasteiger partial charge in [0.05, 0.1) is 5.69 Å². The lowest BCUT2D eigenvalue weighted by Crippen LogP contribution is -2.02. The second-order valence-electron chi connectivity index (χ2n) is 3.19. The minimum Gasteiger partial charge on any atom is -0.444 e. The predicted octanol–water partition coefficient (Wildman–Crippen LogP) is 2.61. The van der Waals surface area contributed by atoms with E-state index in [9.17, 15) is 0 Å². The molecule has 0 saturated heterocycles. The lowest BCUT2D eigenvalue weighted by atomic mass is 10.2. The number of rotatable bonds is 3. The Bertz CT molecular complexity index is 453. The van der Waals surface area contributed by atoms with Crippen molar-refractivity contribution in [3.63, 3.8) is 0 Å². The van der Waals surface area contributed by atoms with Gasteiger partial charge in [0, 0.05) is 16.5 Å². The summed E-state index contributed by atoms with van der Waals surface area (Å²) in [4.78, 5) is 4.34. The van der Waals surface area contributed by atoms with E-state index in [0.717, 1.165) is 22.2 Å². The van der Waals surface area contributed by atoms with Crippen LogP contribution in [-0.2, 0) is 6.42 Å². The number of nitrogens with two attached hydrogens (primary N) is 1. The molecule has 0 atom stereocenters. The largest absolute Gasteiger partial charge is 0.444 e. The molecule has 1 aromatic carbocycles. The second kappa shape index (κ2) is 4.59. The Labute approximate surface area is 96.4 Å². The second-order valence-corrected chi connectivity index (χ2v) is 4.11. The molecule has 0 aliphatic carbocycles. The van der Waals surface area contributed by atoms with Crippen molar-refractivity contribution in [2.75, 3.05) is 6.54 Å². The minimum absolute atomic E-state index is 0.588. The van der Waals surface area contributed by atoms with E-state index in [2.05, 4.69) is 20.9 Å². The zero-order valence-electron chi connectivity index (χ0n) is 8.11. The normalized spacial score (nSPS) is 10.5. The molecule has 0 fully saturated rings. The van der Waals surface area contributed by atoms with Gasteiger partial charge in [0.2, 0.25) is 5.89 Å². The minimum atomic E-state index is 0.588. The molecule has 0 unspecified atom stereocenters. The Balaban J connectivity index is 2.29. The topological polar surface area (TPSA) is 52.0 Å². The summed E-state index contributed by atoms with van der Waals surface area (Å²) < 4.78 is 6.38. The average molecular weight is 267 g/mol. The van der Waals surface area contributed by atoms with E-state index in [1.807, 2.05) is 24.3 Å². The summed E-state index contributed by atoms with van der Waals surface area (Å²) in [6.45, 7) is 0.588. The lowest BCUT2D eigenvalue weighted by Gasteiger charge is -1.95. The summed E-state index contributed by atoms with van der Waals surface area (Å²) in [6, 6.07) is 7.85. The maximum atomic E-state index is 5.44. The molecule has 2 N–H and O–H groups in total. The molecule has 4 heteroatoms. The number of oxazole rings is 1. The van der Waals surface area contributed by atoms with Gasteiger partial charge in [-0.1, -0.05) is 22.0 Å². The Hall–Kier alpha value is -1.13. The Morgan fingerprint density at radius 1 is 1.40 bits per heavy atom. The van der Waals surface area contributed by atoms with Gasteiger partial charge in [0.15, 0.2) is 0 Å². The molecule has 78 valence electrons. The Morgan fingerprint density at radius 3 is 3.00 bits per heavy atom. The quantitative estimate of drug-likeness (QED) is 0.929. The number of hydrogen-bond acceptors (Lipinski definition) is 3. The van der Waals surface area contributed by atoms with E-state index < -0.39 is 0 Å². The van der Waals surface area contributed by atoms with E-state index in [1.165, 1.54) is 0 Å². The maximum Gasteiger partial charge on any atom is 0.226 e. The Kier molecular flexibility index (Phi) is 3.18. The average Bonchev–Trinajstić information content (AvgIpc) is 2.67. The molecule has 0 bridgehead atoms. The molecule has 1 heterocycles. The molecule has 1 aromatic heterocycles. The summed E-state index contributed by atoms with van der Waals surface area (Å²) in [5.74, 6) is 0.639. The van der Waals surface area contributed by atoms with Crippen LogP contribution < -0.4 is 5.73 Å². The van der Waals surface area contributed by atoms with Gasteiger partial charge in [-0.2, -0.15) is 0 Å². The molecule has 0 aliphatic rings. The fraction of sp³-hybridized carbons (Fsp3) is 0.182. The first-order valence-corrected chi connectivity index (χ1v) is 5.49. The van der Waals surface area contributed by atoms with Crippen LogP contribution >= 0.6 is 15.9 Å². The number of benzene rings is 1. The molecule has 0 saturated carbocycles. The lowest BCUT2D eigenvalue weighted by molar-refractivity contribution is 0.572. The molecule has 2 aromatic rings. The van der Waals surface area contributed by atoms with Gasteiger partial charge >= 0.3 is 0 Å². The molecular weight excluding hydrogens is 256 g/mol. The number of nitrogens with zero attached hydrogens (tertiary/aromatic N) is 1. The third kappa shape index (κ3) is 2.46. The van der Waals surface area contributed by atoms with Crippen LogP contribution in [0.3, 0.4) is 0 Å². The standard InChI is InChI=1S/C11H11BrN2O/c12-9-3-1-2-8(6-9)11-14-10(4-5-13)7-15-11/h1-3,6-7H,4-5,13H2. The fourth-order valence-electron chi connectivity index (χ4n) is 1.32. The summed E-state index contributed by atoms with van der Waals surface area (Å²) in [6.07, 6.45) is 2.40. The number of aromatic nitrogens is 1. The zero-order valence-corrected chi connectivity index (χ0v) is 9.70. The third-order valence-corrected chi connectivity index (χ3v) is 2.52. The van der Waals surface area contributed by atoms with Crippen LogP contribution in [-0.4, -0.2) is 11.5 Å². The van der Waals surface area contributed by atoms with E-state index >= 15 is 0 Å². The van der Waals surface area contributed by atoms with Crippen LogP contribution in [0.2, 0.25) is 0 Å². The van der Waals surface area contributed by atoms with E-state index in [4.69, 9.17) is 10.2 Å². The van der Waals surface area contributed by atoms with Crippen LogP contribution in [0.4, 0.5) is 0 Å². The van der Waals surface area contributed by atoms with Gasteiger partial charge < -0.3 is 10.2 Å². The summed E-state index contributed by atoms with van der Waals surface area (Å²) >= 11 is 3.41. The highest BCUT2D eigenvalue weighted by Gasteiger charge is 2.05. The summed E-state index contributed by atoms with van der Waals surface area (Å²) in [7, 11) is 0. The highest BCUT2D eigenvalue weighted by atomic mass is 79.9. The van der Waals surface area contributed by atoms with Crippen molar-refractivity contribution >= 4 is 15.9 Å². The first-order valence-electron chi connectivity index (χ1n) is 4.70. The molecule has 0 radical (unpaired) electrons. The van der Waals surface area contributed by atoms with Gasteiger partial charge in [0.25, 0.3) is 0 Å². The fourth-order valence-corrected chi connectivity index (χ4v) is 1.72. The van der Waals surface area contributed by atoms with Crippen molar-refractivity contribution in [2.24, 2.45) is 5.73 Å². The molecule has 0 amide bonds. The van der Waals surface area contributed by atoms with E-state index in [1.54, 1.807) is 6.26 Å². The summed E-state index contributed by atoms with van der Waals surface area (Å²) in [5.41, 5.74) is 7.30. The van der Waals surface area contributed by atoms with E-state index in [0.29, 0.717) is 12.4 Å². The van der Waals surface area contributed by atoms with Crippen molar-refractivity contribution < 1.29 is 4.42 Å². The van der Waals surface area contributed by atoms with Crippen molar-refractivity contribution in [2.45, 2.75) is 6.42 Å². The zero-order chi connectivity index (χ0) is 10.7. The highest BCUT2D eigenvalue weighted by molar-refractivity contribution is 9.10. The summed E-state index contributed by atoms with van der Waals surface area (Å²) in [5, 5.41) is 0. The number of hydrogen-bond donors (Lipinski definition) is 1.